The highest BCUT2D eigenvalue weighted by molar-refractivity contribution is 5.81. The van der Waals surface area contributed by atoms with Crippen LogP contribution in [0.2, 0.25) is 0 Å². The van der Waals surface area contributed by atoms with Gasteiger partial charge in [-0.25, -0.2) is 15.4 Å². The molecule has 0 atom stereocenters. The fourth-order valence-electron chi connectivity index (χ4n) is 1.66. The average molecular weight is 271 g/mol. The van der Waals surface area contributed by atoms with Crippen LogP contribution in [-0.2, 0) is 0 Å². The molecule has 0 radical (unpaired) electrons. The topological polar surface area (TPSA) is 93.3 Å². The van der Waals surface area contributed by atoms with E-state index in [0.29, 0.717) is 11.5 Å². The number of non-ortho nitro benzene ring substituents is 1. The molecule has 0 aliphatic rings. The van der Waals surface area contributed by atoms with Gasteiger partial charge in [0, 0.05) is 29.1 Å². The van der Waals surface area contributed by atoms with Crippen molar-refractivity contribution < 1.29 is 4.92 Å². The molecule has 1 N–H and O–H groups in total. The van der Waals surface area contributed by atoms with E-state index in [1.807, 2.05) is 19.9 Å². The Kier molecular flexibility index (Phi) is 3.99. The molecule has 0 unspecified atom stereocenters. The molecule has 0 aliphatic heterocycles. The zero-order valence-electron chi connectivity index (χ0n) is 11.1. The second-order valence-corrected chi connectivity index (χ2v) is 4.20. The Bertz CT molecular complexity index is 649. The molecule has 2 rings (SSSR count). The van der Waals surface area contributed by atoms with Crippen LogP contribution in [0, 0.1) is 24.0 Å². The number of hydrogen-bond acceptors (Lipinski definition) is 6. The summed E-state index contributed by atoms with van der Waals surface area (Å²) in [6, 6.07) is 8.05. The number of nitro groups is 1. The third kappa shape index (κ3) is 3.58. The molecule has 0 spiro atoms. The van der Waals surface area contributed by atoms with Gasteiger partial charge in [0.15, 0.2) is 0 Å². The molecular formula is C13H13N5O2. The molecule has 0 bridgehead atoms. The number of nitrogens with one attached hydrogen (secondary N) is 1. The summed E-state index contributed by atoms with van der Waals surface area (Å²) in [6.45, 7) is 3.73. The number of nitro benzene ring substituents is 1. The van der Waals surface area contributed by atoms with Crippen LogP contribution in [-0.4, -0.2) is 21.1 Å². The number of anilines is 1. The fourth-order valence-corrected chi connectivity index (χ4v) is 1.66. The summed E-state index contributed by atoms with van der Waals surface area (Å²) in [5.74, 6) is 0.393. The summed E-state index contributed by atoms with van der Waals surface area (Å²) in [5, 5.41) is 14.6. The van der Waals surface area contributed by atoms with Crippen molar-refractivity contribution in [2.45, 2.75) is 13.8 Å². The third-order valence-corrected chi connectivity index (χ3v) is 2.44. The number of rotatable bonds is 4. The number of aromatic nitrogens is 2. The Morgan fingerprint density at radius 2 is 1.95 bits per heavy atom. The quantitative estimate of drug-likeness (QED) is 0.523. The van der Waals surface area contributed by atoms with Crippen molar-refractivity contribution >= 4 is 17.9 Å². The van der Waals surface area contributed by atoms with Crippen molar-refractivity contribution in [3.63, 3.8) is 0 Å². The van der Waals surface area contributed by atoms with Crippen molar-refractivity contribution in [2.75, 3.05) is 5.43 Å². The predicted octanol–water partition coefficient (Wildman–Crippen LogP) is 2.45. The van der Waals surface area contributed by atoms with Crippen molar-refractivity contribution in [3.8, 4) is 0 Å². The summed E-state index contributed by atoms with van der Waals surface area (Å²) < 4.78 is 0. The average Bonchev–Trinajstić information content (AvgIpc) is 2.38. The number of benzene rings is 1. The molecule has 2 aromatic rings. The Morgan fingerprint density at radius 3 is 2.60 bits per heavy atom. The highest BCUT2D eigenvalue weighted by Gasteiger charge is 2.04. The minimum absolute atomic E-state index is 0.0246. The lowest BCUT2D eigenvalue weighted by Crippen LogP contribution is -1.99. The highest BCUT2D eigenvalue weighted by atomic mass is 16.6. The van der Waals surface area contributed by atoms with Gasteiger partial charge in [0.2, 0.25) is 5.95 Å². The molecular weight excluding hydrogens is 258 g/mol. The molecule has 7 heteroatoms. The van der Waals surface area contributed by atoms with E-state index >= 15 is 0 Å². The lowest BCUT2D eigenvalue weighted by molar-refractivity contribution is -0.384. The van der Waals surface area contributed by atoms with Gasteiger partial charge in [-0.15, -0.1) is 0 Å². The van der Waals surface area contributed by atoms with Crippen LogP contribution in [0.1, 0.15) is 17.0 Å². The smallest absolute Gasteiger partial charge is 0.258 e. The number of hydrogen-bond donors (Lipinski definition) is 1. The maximum atomic E-state index is 10.6. The summed E-state index contributed by atoms with van der Waals surface area (Å²) >= 11 is 0. The first-order chi connectivity index (χ1) is 9.54. The minimum Gasteiger partial charge on any atom is -0.258 e. The molecule has 1 heterocycles. The second kappa shape index (κ2) is 5.87. The highest BCUT2D eigenvalue weighted by Crippen LogP contribution is 2.11. The summed E-state index contributed by atoms with van der Waals surface area (Å²) in [5.41, 5.74) is 5.02. The Labute approximate surface area is 115 Å². The molecule has 1 aromatic heterocycles. The van der Waals surface area contributed by atoms with Gasteiger partial charge in [0.1, 0.15) is 0 Å². The second-order valence-electron chi connectivity index (χ2n) is 4.20. The van der Waals surface area contributed by atoms with Crippen LogP contribution >= 0.6 is 0 Å². The first-order valence-corrected chi connectivity index (χ1v) is 5.90. The van der Waals surface area contributed by atoms with Crippen molar-refractivity contribution in [3.05, 3.63) is 57.4 Å². The largest absolute Gasteiger partial charge is 0.270 e. The number of nitrogens with zero attached hydrogens (tertiary/aromatic N) is 4. The molecule has 20 heavy (non-hydrogen) atoms. The third-order valence-electron chi connectivity index (χ3n) is 2.44. The standard InChI is InChI=1S/C13H13N5O2/c1-9-6-10(2)16-13(15-9)17-14-8-11-4-3-5-12(7-11)18(19)20/h3-8H,1-2H3,(H,15,16,17)/b14-8+. The van der Waals surface area contributed by atoms with Gasteiger partial charge in [0.05, 0.1) is 11.1 Å². The van der Waals surface area contributed by atoms with Crippen molar-refractivity contribution in [1.29, 1.82) is 0 Å². The van der Waals surface area contributed by atoms with Crippen molar-refractivity contribution in [2.24, 2.45) is 5.10 Å². The number of aryl methyl sites for hydroxylation is 2. The van der Waals surface area contributed by atoms with Crippen LogP contribution in [0.3, 0.4) is 0 Å². The fraction of sp³-hybridized carbons (Fsp3) is 0.154. The molecule has 7 nitrogen and oxygen atoms in total. The molecule has 0 saturated heterocycles. The van der Waals surface area contributed by atoms with E-state index < -0.39 is 4.92 Å². The summed E-state index contributed by atoms with van der Waals surface area (Å²) in [4.78, 5) is 18.5. The van der Waals surface area contributed by atoms with E-state index in [2.05, 4.69) is 20.5 Å². The Hall–Kier alpha value is -2.83. The van der Waals surface area contributed by atoms with Crippen LogP contribution < -0.4 is 5.43 Å². The van der Waals surface area contributed by atoms with Crippen LogP contribution in [0.5, 0.6) is 0 Å². The van der Waals surface area contributed by atoms with E-state index in [-0.39, 0.29) is 5.69 Å². The SMILES string of the molecule is Cc1cc(C)nc(N/N=C/c2cccc([N+](=O)[O-])c2)n1. The Balaban J connectivity index is 2.10. The Morgan fingerprint density at radius 1 is 1.25 bits per heavy atom. The maximum absolute atomic E-state index is 10.6. The molecule has 0 fully saturated rings. The maximum Gasteiger partial charge on any atom is 0.270 e. The summed E-state index contributed by atoms with van der Waals surface area (Å²) in [7, 11) is 0. The van der Waals surface area contributed by atoms with Crippen molar-refractivity contribution in [1.82, 2.24) is 9.97 Å². The van der Waals surface area contributed by atoms with Crippen LogP contribution in [0.25, 0.3) is 0 Å². The van der Waals surface area contributed by atoms with E-state index in [9.17, 15) is 10.1 Å². The normalized spacial score (nSPS) is 10.7. The van der Waals surface area contributed by atoms with E-state index in [4.69, 9.17) is 0 Å². The molecule has 0 saturated carbocycles. The van der Waals surface area contributed by atoms with Gasteiger partial charge in [-0.3, -0.25) is 10.1 Å². The first-order valence-electron chi connectivity index (χ1n) is 5.90. The number of hydrazone groups is 1. The van der Waals surface area contributed by atoms with Gasteiger partial charge in [-0.2, -0.15) is 5.10 Å². The first kappa shape index (κ1) is 13.6. The lowest BCUT2D eigenvalue weighted by atomic mass is 10.2. The molecule has 0 amide bonds. The zero-order chi connectivity index (χ0) is 14.5. The van der Waals surface area contributed by atoms with Crippen LogP contribution in [0.4, 0.5) is 11.6 Å². The van der Waals surface area contributed by atoms with E-state index in [1.165, 1.54) is 18.3 Å². The van der Waals surface area contributed by atoms with Gasteiger partial charge < -0.3 is 0 Å². The molecule has 0 aliphatic carbocycles. The minimum atomic E-state index is -0.447. The van der Waals surface area contributed by atoms with Crippen LogP contribution in [0.15, 0.2) is 35.4 Å². The van der Waals surface area contributed by atoms with Gasteiger partial charge >= 0.3 is 0 Å². The monoisotopic (exact) mass is 271 g/mol. The zero-order valence-corrected chi connectivity index (χ0v) is 11.1. The predicted molar refractivity (Wildman–Crippen MR) is 75.8 cm³/mol. The molecule has 102 valence electrons. The van der Waals surface area contributed by atoms with Gasteiger partial charge in [0.25, 0.3) is 5.69 Å². The van der Waals surface area contributed by atoms with Gasteiger partial charge in [-0.05, 0) is 19.9 Å². The van der Waals surface area contributed by atoms with E-state index in [0.717, 1.165) is 11.4 Å². The van der Waals surface area contributed by atoms with E-state index in [1.54, 1.807) is 12.1 Å². The van der Waals surface area contributed by atoms with Gasteiger partial charge in [-0.1, -0.05) is 12.1 Å². The molecule has 1 aromatic carbocycles. The lowest BCUT2D eigenvalue weighted by Gasteiger charge is -2.01. The summed E-state index contributed by atoms with van der Waals surface area (Å²) in [6.07, 6.45) is 1.48.